The lowest BCUT2D eigenvalue weighted by Gasteiger charge is -2.32. The molecule has 0 fully saturated rings. The first-order chi connectivity index (χ1) is 5.40. The van der Waals surface area contributed by atoms with Crippen molar-refractivity contribution in [3.05, 3.63) is 5.21 Å². The molecule has 0 spiro atoms. The summed E-state index contributed by atoms with van der Waals surface area (Å²) >= 11 is 0. The number of hydrogen-bond donors (Lipinski definition) is 0. The lowest BCUT2D eigenvalue weighted by atomic mass is 9.98. The van der Waals surface area contributed by atoms with Crippen LogP contribution in [0.5, 0.6) is 0 Å². The van der Waals surface area contributed by atoms with Crippen molar-refractivity contribution in [2.75, 3.05) is 7.05 Å². The van der Waals surface area contributed by atoms with E-state index >= 15 is 0 Å². The van der Waals surface area contributed by atoms with Gasteiger partial charge in [0.15, 0.2) is 0 Å². The molecule has 1 aliphatic rings. The van der Waals surface area contributed by atoms with E-state index in [4.69, 9.17) is 0 Å². The van der Waals surface area contributed by atoms with Gasteiger partial charge in [0.25, 0.3) is 0 Å². The fourth-order valence-corrected chi connectivity index (χ4v) is 1.33. The first-order valence-corrected chi connectivity index (χ1v) is 3.99. The van der Waals surface area contributed by atoms with Crippen LogP contribution in [-0.2, 0) is 4.79 Å². The van der Waals surface area contributed by atoms with Gasteiger partial charge in [-0.15, -0.1) is 0 Å². The molecule has 1 atom stereocenters. The van der Waals surface area contributed by atoms with Gasteiger partial charge in [0.05, 0.1) is 0 Å². The van der Waals surface area contributed by atoms with Gasteiger partial charge >= 0.3 is 5.91 Å². The van der Waals surface area contributed by atoms with Crippen LogP contribution in [0, 0.1) is 11.1 Å². The topological polar surface area (TPSA) is 46.4 Å². The highest BCUT2D eigenvalue weighted by Crippen LogP contribution is 2.26. The number of amides is 1. The zero-order chi connectivity index (χ0) is 9.52. The number of carbonyl (C=O) groups is 1. The molecule has 0 bridgehead atoms. The molecule has 4 nitrogen and oxygen atoms in total. The van der Waals surface area contributed by atoms with Gasteiger partial charge in [-0.1, -0.05) is 13.8 Å². The van der Waals surface area contributed by atoms with E-state index in [1.807, 2.05) is 13.8 Å². The molecule has 0 aromatic rings. The molecule has 0 aromatic carbocycles. The van der Waals surface area contributed by atoms with Crippen LogP contribution in [0.3, 0.4) is 0 Å². The number of nitrogens with zero attached hydrogens (tertiary/aromatic N) is 2. The molecule has 1 rings (SSSR count). The maximum atomic E-state index is 11.4. The summed E-state index contributed by atoms with van der Waals surface area (Å²) in [7, 11) is 1.65. The van der Waals surface area contributed by atoms with E-state index < -0.39 is 5.66 Å². The maximum absolute atomic E-state index is 11.4. The van der Waals surface area contributed by atoms with Crippen LogP contribution >= 0.6 is 0 Å². The number of rotatable bonds is 1. The van der Waals surface area contributed by atoms with Crippen LogP contribution in [0.15, 0.2) is 0 Å². The number of carbonyl (C=O) groups excluding carboxylic acids is 1. The second kappa shape index (κ2) is 2.47. The van der Waals surface area contributed by atoms with Crippen molar-refractivity contribution in [1.29, 1.82) is 0 Å². The SMILES string of the molecule is CC(C)[C@]1(C)N(C)C(=O)C=[N+]1[O-]. The average Bonchev–Trinajstić information content (AvgIpc) is 2.16. The van der Waals surface area contributed by atoms with Crippen molar-refractivity contribution >= 4 is 12.1 Å². The van der Waals surface area contributed by atoms with Crippen molar-refractivity contribution < 1.29 is 9.53 Å². The second-order valence-corrected chi connectivity index (χ2v) is 3.60. The molecule has 4 heteroatoms. The average molecular weight is 170 g/mol. The summed E-state index contributed by atoms with van der Waals surface area (Å²) in [4.78, 5) is 12.6. The van der Waals surface area contributed by atoms with Crippen LogP contribution in [0.1, 0.15) is 20.8 Å². The Morgan fingerprint density at radius 2 is 2.17 bits per heavy atom. The molecule has 12 heavy (non-hydrogen) atoms. The summed E-state index contributed by atoms with van der Waals surface area (Å²) in [5, 5.41) is 11.4. The Labute approximate surface area is 72.1 Å². The quantitative estimate of drug-likeness (QED) is 0.422. The van der Waals surface area contributed by atoms with E-state index in [0.717, 1.165) is 11.0 Å². The fourth-order valence-electron chi connectivity index (χ4n) is 1.33. The van der Waals surface area contributed by atoms with Crippen LogP contribution in [0.25, 0.3) is 0 Å². The third kappa shape index (κ3) is 0.906. The summed E-state index contributed by atoms with van der Waals surface area (Å²) < 4.78 is 0.736. The van der Waals surface area contributed by atoms with E-state index in [0.29, 0.717) is 0 Å². The van der Waals surface area contributed by atoms with Gasteiger partial charge in [0, 0.05) is 19.9 Å². The Morgan fingerprint density at radius 3 is 2.33 bits per heavy atom. The molecular formula is C8H14N2O2. The van der Waals surface area contributed by atoms with Crippen molar-refractivity contribution in [2.45, 2.75) is 26.4 Å². The Bertz CT molecular complexity index is 247. The van der Waals surface area contributed by atoms with Crippen LogP contribution in [0.4, 0.5) is 0 Å². The normalized spacial score (nSPS) is 29.9. The van der Waals surface area contributed by atoms with E-state index in [1.165, 1.54) is 4.90 Å². The van der Waals surface area contributed by atoms with Crippen molar-refractivity contribution in [2.24, 2.45) is 5.92 Å². The predicted molar refractivity (Wildman–Crippen MR) is 45.7 cm³/mol. The zero-order valence-electron chi connectivity index (χ0n) is 7.87. The first kappa shape index (κ1) is 9.03. The van der Waals surface area contributed by atoms with Gasteiger partial charge in [-0.2, -0.15) is 4.74 Å². The summed E-state index contributed by atoms with van der Waals surface area (Å²) in [6.07, 6.45) is 1.10. The smallest absolute Gasteiger partial charge is 0.316 e. The predicted octanol–water partition coefficient (Wildman–Crippen LogP) is 0.412. The maximum Gasteiger partial charge on any atom is 0.316 e. The van der Waals surface area contributed by atoms with Gasteiger partial charge in [-0.3, -0.25) is 9.69 Å². The summed E-state index contributed by atoms with van der Waals surface area (Å²) in [5.74, 6) is -0.107. The van der Waals surface area contributed by atoms with Gasteiger partial charge < -0.3 is 5.21 Å². The van der Waals surface area contributed by atoms with E-state index in [9.17, 15) is 10.0 Å². The molecule has 68 valence electrons. The summed E-state index contributed by atoms with van der Waals surface area (Å²) in [6, 6.07) is 0. The van der Waals surface area contributed by atoms with Gasteiger partial charge in [0.2, 0.25) is 11.9 Å². The molecule has 0 aromatic heterocycles. The highest BCUT2D eigenvalue weighted by Gasteiger charge is 2.48. The Morgan fingerprint density at radius 1 is 1.67 bits per heavy atom. The molecule has 1 heterocycles. The standard InChI is InChI=1S/C8H14N2O2/c1-6(2)8(3)9(4)7(11)5-10(8)12/h5-6H,1-4H3/t8-/m1/s1. The van der Waals surface area contributed by atoms with E-state index in [1.54, 1.807) is 14.0 Å². The van der Waals surface area contributed by atoms with Gasteiger partial charge in [-0.25, -0.2) is 0 Å². The Hall–Kier alpha value is -1.06. The minimum absolute atomic E-state index is 0.114. The van der Waals surface area contributed by atoms with Crippen LogP contribution in [-0.4, -0.2) is 34.5 Å². The minimum atomic E-state index is -0.711. The molecule has 0 unspecified atom stereocenters. The third-order valence-electron chi connectivity index (χ3n) is 2.78. The largest absolute Gasteiger partial charge is 0.622 e. The number of hydroxylamine groups is 1. The second-order valence-electron chi connectivity index (χ2n) is 3.60. The fraction of sp³-hybridized carbons (Fsp3) is 0.750. The minimum Gasteiger partial charge on any atom is -0.622 e. The molecule has 0 radical (unpaired) electrons. The van der Waals surface area contributed by atoms with Crippen molar-refractivity contribution in [3.8, 4) is 0 Å². The molecule has 0 saturated carbocycles. The molecular weight excluding hydrogens is 156 g/mol. The van der Waals surface area contributed by atoms with Gasteiger partial charge in [0.1, 0.15) is 0 Å². The van der Waals surface area contributed by atoms with Crippen molar-refractivity contribution in [3.63, 3.8) is 0 Å². The molecule has 0 N–H and O–H groups in total. The molecule has 0 aliphatic carbocycles. The summed E-state index contributed by atoms with van der Waals surface area (Å²) in [6.45, 7) is 5.62. The van der Waals surface area contributed by atoms with E-state index in [-0.39, 0.29) is 11.8 Å². The van der Waals surface area contributed by atoms with Crippen molar-refractivity contribution in [1.82, 2.24) is 4.90 Å². The Kier molecular flexibility index (Phi) is 1.86. The number of hydrogen-bond acceptors (Lipinski definition) is 2. The summed E-state index contributed by atoms with van der Waals surface area (Å²) in [5.41, 5.74) is -0.711. The Balaban J connectivity index is 3.07. The monoisotopic (exact) mass is 170 g/mol. The molecule has 0 saturated heterocycles. The highest BCUT2D eigenvalue weighted by atomic mass is 16.5. The van der Waals surface area contributed by atoms with E-state index in [2.05, 4.69) is 0 Å². The molecule has 1 aliphatic heterocycles. The lowest BCUT2D eigenvalue weighted by molar-refractivity contribution is -0.567. The van der Waals surface area contributed by atoms with Gasteiger partial charge in [-0.05, 0) is 0 Å². The lowest BCUT2D eigenvalue weighted by Crippen LogP contribution is -2.51. The van der Waals surface area contributed by atoms with Crippen LogP contribution < -0.4 is 0 Å². The first-order valence-electron chi connectivity index (χ1n) is 3.99. The molecule has 1 amide bonds. The third-order valence-corrected chi connectivity index (χ3v) is 2.78. The highest BCUT2D eigenvalue weighted by molar-refractivity contribution is 6.25. The van der Waals surface area contributed by atoms with Crippen LogP contribution in [0.2, 0.25) is 0 Å². The zero-order valence-corrected chi connectivity index (χ0v) is 7.87.